The molecular weight excluding hydrogens is 332 g/mol. The fourth-order valence-electron chi connectivity index (χ4n) is 3.54. The molecule has 0 N–H and O–H groups in total. The highest BCUT2D eigenvalue weighted by atomic mass is 16.6. The molecule has 0 radical (unpaired) electrons. The Balaban J connectivity index is 1.54. The minimum absolute atomic E-state index is 0.0445. The van der Waals surface area contributed by atoms with E-state index in [0.29, 0.717) is 13.1 Å². The van der Waals surface area contributed by atoms with E-state index in [-0.39, 0.29) is 18.2 Å². The van der Waals surface area contributed by atoms with Gasteiger partial charge in [0.05, 0.1) is 5.69 Å². The van der Waals surface area contributed by atoms with Crippen molar-refractivity contribution < 1.29 is 14.3 Å². The van der Waals surface area contributed by atoms with Gasteiger partial charge in [0, 0.05) is 37.2 Å². The Morgan fingerprint density at radius 3 is 2.81 bits per heavy atom. The molecule has 1 atom stereocenters. The van der Waals surface area contributed by atoms with Crippen LogP contribution in [0.5, 0.6) is 0 Å². The lowest BCUT2D eigenvalue weighted by atomic mass is 9.95. The first-order chi connectivity index (χ1) is 12.4. The van der Waals surface area contributed by atoms with Crippen LogP contribution in [0.4, 0.5) is 4.79 Å². The van der Waals surface area contributed by atoms with E-state index >= 15 is 0 Å². The molecule has 4 rings (SSSR count). The van der Waals surface area contributed by atoms with Crippen LogP contribution in [0.3, 0.4) is 0 Å². The number of likely N-dealkylation sites (tertiary alicyclic amines) is 1. The molecule has 2 aliphatic heterocycles. The molecule has 7 heteroatoms. The summed E-state index contributed by atoms with van der Waals surface area (Å²) in [7, 11) is 0. The molecule has 7 nitrogen and oxygen atoms in total. The van der Waals surface area contributed by atoms with E-state index in [0.717, 1.165) is 42.6 Å². The van der Waals surface area contributed by atoms with Crippen molar-refractivity contribution in [2.75, 3.05) is 19.7 Å². The summed E-state index contributed by atoms with van der Waals surface area (Å²) in [5, 5.41) is 5.91. The standard InChI is InChI=1S/C19H26N4O3/c1-19(2,3)26-18(24)22-11-13(12-22)16-14-7-6-9-20-17(14)23(21-16)15-8-4-5-10-25-15/h6-7,9,13,15H,4-5,8,10-12H2,1-3H3. The van der Waals surface area contributed by atoms with Gasteiger partial charge in [-0.3, -0.25) is 0 Å². The van der Waals surface area contributed by atoms with Gasteiger partial charge >= 0.3 is 6.09 Å². The zero-order valence-electron chi connectivity index (χ0n) is 15.6. The zero-order chi connectivity index (χ0) is 18.3. The van der Waals surface area contributed by atoms with Crippen LogP contribution in [0.1, 0.15) is 57.9 Å². The summed E-state index contributed by atoms with van der Waals surface area (Å²) in [6, 6.07) is 3.99. The first-order valence-electron chi connectivity index (χ1n) is 9.35. The second kappa shape index (κ2) is 6.54. The maximum atomic E-state index is 12.2. The van der Waals surface area contributed by atoms with Crippen molar-refractivity contribution in [3.63, 3.8) is 0 Å². The number of hydrogen-bond acceptors (Lipinski definition) is 5. The average Bonchev–Trinajstić information content (AvgIpc) is 2.92. The molecule has 0 aliphatic carbocycles. The van der Waals surface area contributed by atoms with E-state index in [1.54, 1.807) is 11.1 Å². The van der Waals surface area contributed by atoms with Crippen molar-refractivity contribution in [1.29, 1.82) is 0 Å². The molecule has 2 aliphatic rings. The molecule has 1 unspecified atom stereocenters. The Hall–Kier alpha value is -2.15. The van der Waals surface area contributed by atoms with E-state index in [2.05, 4.69) is 11.1 Å². The average molecular weight is 358 g/mol. The lowest BCUT2D eigenvalue weighted by Crippen LogP contribution is -2.50. The molecule has 0 bridgehead atoms. The van der Waals surface area contributed by atoms with Crippen LogP contribution in [0, 0.1) is 0 Å². The second-order valence-electron chi connectivity index (χ2n) is 8.11. The maximum absolute atomic E-state index is 12.2. The van der Waals surface area contributed by atoms with Gasteiger partial charge in [0.2, 0.25) is 0 Å². The van der Waals surface area contributed by atoms with Crippen LogP contribution in [0.15, 0.2) is 18.3 Å². The molecule has 140 valence electrons. The minimum atomic E-state index is -0.474. The van der Waals surface area contributed by atoms with Crippen LogP contribution in [0.25, 0.3) is 11.0 Å². The van der Waals surface area contributed by atoms with Crippen molar-refractivity contribution in [1.82, 2.24) is 19.7 Å². The smallest absolute Gasteiger partial charge is 0.410 e. The largest absolute Gasteiger partial charge is 0.444 e. The quantitative estimate of drug-likeness (QED) is 0.822. The number of pyridine rings is 1. The van der Waals surface area contributed by atoms with Crippen LogP contribution >= 0.6 is 0 Å². The van der Waals surface area contributed by atoms with Crippen molar-refractivity contribution >= 4 is 17.1 Å². The summed E-state index contributed by atoms with van der Waals surface area (Å²) in [6.07, 6.45) is 4.69. The van der Waals surface area contributed by atoms with Crippen molar-refractivity contribution in [2.45, 2.75) is 57.8 Å². The molecule has 2 aromatic rings. The molecular formula is C19H26N4O3. The Morgan fingerprint density at radius 2 is 2.12 bits per heavy atom. The summed E-state index contributed by atoms with van der Waals surface area (Å²) in [6.45, 7) is 7.67. The Morgan fingerprint density at radius 1 is 1.31 bits per heavy atom. The Bertz CT molecular complexity index is 799. The number of carbonyl (C=O) groups excluding carboxylic acids is 1. The van der Waals surface area contributed by atoms with E-state index in [4.69, 9.17) is 14.6 Å². The van der Waals surface area contributed by atoms with Gasteiger partial charge in [-0.15, -0.1) is 0 Å². The van der Waals surface area contributed by atoms with E-state index in [1.807, 2.05) is 31.5 Å². The van der Waals surface area contributed by atoms with Gasteiger partial charge in [0.25, 0.3) is 0 Å². The summed E-state index contributed by atoms with van der Waals surface area (Å²) >= 11 is 0. The normalized spacial score (nSPS) is 21.7. The number of fused-ring (bicyclic) bond motifs is 1. The molecule has 1 amide bonds. The van der Waals surface area contributed by atoms with Gasteiger partial charge in [0.15, 0.2) is 11.9 Å². The number of ether oxygens (including phenoxy) is 2. The van der Waals surface area contributed by atoms with E-state index < -0.39 is 5.60 Å². The number of hydrogen-bond donors (Lipinski definition) is 0. The van der Waals surface area contributed by atoms with Crippen LogP contribution in [0.2, 0.25) is 0 Å². The molecule has 0 spiro atoms. The highest BCUT2D eigenvalue weighted by Gasteiger charge is 2.37. The fraction of sp³-hybridized carbons (Fsp3) is 0.632. The van der Waals surface area contributed by atoms with E-state index in [1.165, 1.54) is 0 Å². The lowest BCUT2D eigenvalue weighted by molar-refractivity contribution is -0.0376. The topological polar surface area (TPSA) is 69.5 Å². The molecule has 2 aromatic heterocycles. The lowest BCUT2D eigenvalue weighted by Gasteiger charge is -2.39. The Kier molecular flexibility index (Phi) is 4.34. The van der Waals surface area contributed by atoms with Crippen molar-refractivity contribution in [3.8, 4) is 0 Å². The van der Waals surface area contributed by atoms with Crippen LogP contribution < -0.4 is 0 Å². The van der Waals surface area contributed by atoms with E-state index in [9.17, 15) is 4.79 Å². The predicted molar refractivity (Wildman–Crippen MR) is 96.9 cm³/mol. The number of carbonyl (C=O) groups is 1. The van der Waals surface area contributed by atoms with Gasteiger partial charge in [0.1, 0.15) is 5.60 Å². The van der Waals surface area contributed by atoms with Gasteiger partial charge in [-0.05, 0) is 52.2 Å². The molecule has 4 heterocycles. The molecule has 2 saturated heterocycles. The predicted octanol–water partition coefficient (Wildman–Crippen LogP) is 3.46. The maximum Gasteiger partial charge on any atom is 0.410 e. The highest BCUT2D eigenvalue weighted by molar-refractivity contribution is 5.79. The van der Waals surface area contributed by atoms with Gasteiger partial charge in [-0.2, -0.15) is 5.10 Å². The van der Waals surface area contributed by atoms with Crippen molar-refractivity contribution in [2.24, 2.45) is 0 Å². The highest BCUT2D eigenvalue weighted by Crippen LogP contribution is 2.34. The fourth-order valence-corrected chi connectivity index (χ4v) is 3.54. The van der Waals surface area contributed by atoms with Crippen LogP contribution in [-0.2, 0) is 9.47 Å². The summed E-state index contributed by atoms with van der Waals surface area (Å²) in [5.41, 5.74) is 1.39. The monoisotopic (exact) mass is 358 g/mol. The molecule has 0 aromatic carbocycles. The third-order valence-corrected chi connectivity index (χ3v) is 4.84. The summed E-state index contributed by atoms with van der Waals surface area (Å²) < 4.78 is 13.3. The molecule has 2 fully saturated rings. The summed E-state index contributed by atoms with van der Waals surface area (Å²) in [4.78, 5) is 18.4. The van der Waals surface area contributed by atoms with Crippen LogP contribution in [-0.4, -0.2) is 51.1 Å². The number of nitrogens with zero attached hydrogens (tertiary/aromatic N) is 4. The van der Waals surface area contributed by atoms with Gasteiger partial charge in [-0.25, -0.2) is 14.5 Å². The first kappa shape index (κ1) is 17.3. The molecule has 0 saturated carbocycles. The molecule has 26 heavy (non-hydrogen) atoms. The SMILES string of the molecule is CC(C)(C)OC(=O)N1CC(c2nn(C3CCCCO3)c3ncccc23)C1. The zero-order valence-corrected chi connectivity index (χ0v) is 15.6. The number of aromatic nitrogens is 3. The summed E-state index contributed by atoms with van der Waals surface area (Å²) in [5.74, 6) is 0.207. The third-order valence-electron chi connectivity index (χ3n) is 4.84. The Labute approximate surface area is 153 Å². The van der Waals surface area contributed by atoms with Crippen molar-refractivity contribution in [3.05, 3.63) is 24.0 Å². The number of rotatable bonds is 2. The van der Waals surface area contributed by atoms with Gasteiger partial charge < -0.3 is 14.4 Å². The first-order valence-corrected chi connectivity index (χ1v) is 9.35. The second-order valence-corrected chi connectivity index (χ2v) is 8.11. The minimum Gasteiger partial charge on any atom is -0.444 e. The van der Waals surface area contributed by atoms with Gasteiger partial charge in [-0.1, -0.05) is 0 Å². The third kappa shape index (κ3) is 3.28. The number of amides is 1.